The second-order valence-electron chi connectivity index (χ2n) is 7.60. The van der Waals surface area contributed by atoms with Crippen molar-refractivity contribution in [2.24, 2.45) is 7.05 Å². The topological polar surface area (TPSA) is 86.6 Å². The van der Waals surface area contributed by atoms with E-state index in [1.165, 1.54) is 0 Å². The summed E-state index contributed by atoms with van der Waals surface area (Å²) in [6.07, 6.45) is 5.12. The van der Waals surface area contributed by atoms with Gasteiger partial charge in [-0.05, 0) is 31.9 Å². The minimum Gasteiger partial charge on any atom is -0.322 e. The highest BCUT2D eigenvalue weighted by Gasteiger charge is 2.36. The summed E-state index contributed by atoms with van der Waals surface area (Å²) in [6.45, 7) is 5.25. The van der Waals surface area contributed by atoms with Crippen LogP contribution in [0.5, 0.6) is 0 Å². The van der Waals surface area contributed by atoms with Gasteiger partial charge >= 0.3 is 6.03 Å². The quantitative estimate of drug-likeness (QED) is 0.848. The summed E-state index contributed by atoms with van der Waals surface area (Å²) in [6, 6.07) is 5.25. The average Bonchev–Trinajstić information content (AvgIpc) is 3.07. The van der Waals surface area contributed by atoms with Crippen molar-refractivity contribution in [3.8, 4) is 0 Å². The Morgan fingerprint density at radius 2 is 1.86 bits per heavy atom. The van der Waals surface area contributed by atoms with Gasteiger partial charge < -0.3 is 10.2 Å². The molecular formula is C20H27N7O2. The van der Waals surface area contributed by atoms with Gasteiger partial charge in [-0.1, -0.05) is 0 Å². The summed E-state index contributed by atoms with van der Waals surface area (Å²) >= 11 is 0. The number of carbonyl (C=O) groups excluding carboxylic acids is 2. The van der Waals surface area contributed by atoms with Crippen LogP contribution < -0.4 is 10.2 Å². The first-order chi connectivity index (χ1) is 14.0. The lowest BCUT2D eigenvalue weighted by molar-refractivity contribution is -0.126. The average molecular weight is 397 g/mol. The van der Waals surface area contributed by atoms with Gasteiger partial charge in [0.1, 0.15) is 5.82 Å². The summed E-state index contributed by atoms with van der Waals surface area (Å²) < 4.78 is 1.77. The highest BCUT2D eigenvalue weighted by molar-refractivity contribution is 5.97. The second kappa shape index (κ2) is 8.20. The normalized spacial score (nSPS) is 20.8. The minimum atomic E-state index is -0.135. The van der Waals surface area contributed by atoms with Crippen LogP contribution in [0.2, 0.25) is 0 Å². The summed E-state index contributed by atoms with van der Waals surface area (Å²) in [4.78, 5) is 35.5. The van der Waals surface area contributed by atoms with Crippen LogP contribution in [0, 0.1) is 6.92 Å². The number of amides is 3. The number of nitrogens with zero attached hydrogens (tertiary/aromatic N) is 6. The third-order valence-electron chi connectivity index (χ3n) is 5.64. The molecule has 4 heterocycles. The molecule has 154 valence electrons. The second-order valence-corrected chi connectivity index (χ2v) is 7.60. The van der Waals surface area contributed by atoms with E-state index in [1.54, 1.807) is 34.1 Å². The van der Waals surface area contributed by atoms with Gasteiger partial charge in [-0.3, -0.25) is 24.3 Å². The van der Waals surface area contributed by atoms with Crippen LogP contribution in [-0.2, 0) is 11.8 Å². The molecule has 2 aliphatic heterocycles. The number of aryl methyl sites for hydroxylation is 2. The molecule has 0 saturated carbocycles. The van der Waals surface area contributed by atoms with E-state index in [1.807, 2.05) is 24.9 Å². The van der Waals surface area contributed by atoms with E-state index in [4.69, 9.17) is 0 Å². The molecule has 4 rings (SSSR count). The number of hydrogen-bond acceptors (Lipinski definition) is 5. The van der Waals surface area contributed by atoms with Crippen LogP contribution in [0.15, 0.2) is 30.6 Å². The number of aromatic nitrogens is 3. The SMILES string of the molecule is Cc1cc(N2CCC[C@H](N3CCN(C(=O)Nc4ccncc4)CC3)C2=O)n(C)n1. The number of pyridine rings is 1. The van der Waals surface area contributed by atoms with Crippen LogP contribution in [0.4, 0.5) is 16.3 Å². The lowest BCUT2D eigenvalue weighted by Gasteiger charge is -2.42. The van der Waals surface area contributed by atoms with Gasteiger partial charge in [0.2, 0.25) is 5.91 Å². The van der Waals surface area contributed by atoms with Gasteiger partial charge in [-0.2, -0.15) is 5.10 Å². The Kier molecular flexibility index (Phi) is 5.48. The van der Waals surface area contributed by atoms with E-state index in [2.05, 4.69) is 20.3 Å². The maximum atomic E-state index is 13.2. The standard InChI is InChI=1S/C20H27N7O2/c1-15-14-18(24(2)23-15)27-9-3-4-17(19(27)28)25-10-12-26(13-11-25)20(29)22-16-5-7-21-8-6-16/h5-8,14,17H,3-4,9-13H2,1-2H3,(H,21,22,29)/t17-/m0/s1. The number of piperidine rings is 1. The van der Waals surface area contributed by atoms with Crippen molar-refractivity contribution in [1.82, 2.24) is 24.6 Å². The molecule has 0 bridgehead atoms. The van der Waals surface area contributed by atoms with E-state index in [9.17, 15) is 9.59 Å². The Morgan fingerprint density at radius 1 is 1.14 bits per heavy atom. The molecule has 9 nitrogen and oxygen atoms in total. The lowest BCUT2D eigenvalue weighted by atomic mass is 10.0. The number of piperazine rings is 1. The Hall–Kier alpha value is -2.94. The van der Waals surface area contributed by atoms with E-state index in [0.29, 0.717) is 26.2 Å². The van der Waals surface area contributed by atoms with Crippen molar-refractivity contribution in [3.05, 3.63) is 36.3 Å². The molecule has 2 fully saturated rings. The zero-order valence-corrected chi connectivity index (χ0v) is 16.9. The highest BCUT2D eigenvalue weighted by atomic mass is 16.2. The van der Waals surface area contributed by atoms with Crippen molar-refractivity contribution in [1.29, 1.82) is 0 Å². The van der Waals surface area contributed by atoms with Gasteiger partial charge in [-0.25, -0.2) is 4.79 Å². The molecule has 2 saturated heterocycles. The smallest absolute Gasteiger partial charge is 0.321 e. The van der Waals surface area contributed by atoms with Crippen molar-refractivity contribution in [2.45, 2.75) is 25.8 Å². The molecule has 0 spiro atoms. The van der Waals surface area contributed by atoms with Gasteiger partial charge in [0, 0.05) is 63.9 Å². The number of rotatable bonds is 3. The lowest BCUT2D eigenvalue weighted by Crippen LogP contribution is -2.59. The molecule has 29 heavy (non-hydrogen) atoms. The predicted molar refractivity (Wildman–Crippen MR) is 110 cm³/mol. The predicted octanol–water partition coefficient (Wildman–Crippen LogP) is 1.47. The summed E-state index contributed by atoms with van der Waals surface area (Å²) in [5, 5.41) is 7.27. The third kappa shape index (κ3) is 4.09. The van der Waals surface area contributed by atoms with Crippen molar-refractivity contribution in [3.63, 3.8) is 0 Å². The fraction of sp³-hybridized carbons (Fsp3) is 0.500. The first-order valence-corrected chi connectivity index (χ1v) is 10.0. The van der Waals surface area contributed by atoms with Gasteiger partial charge in [0.15, 0.2) is 0 Å². The molecule has 9 heteroatoms. The maximum Gasteiger partial charge on any atom is 0.321 e. The summed E-state index contributed by atoms with van der Waals surface area (Å²) in [7, 11) is 1.87. The van der Waals surface area contributed by atoms with Crippen molar-refractivity contribution < 1.29 is 9.59 Å². The Bertz CT molecular complexity index is 874. The molecule has 0 aromatic carbocycles. The van der Waals surface area contributed by atoms with Crippen LogP contribution in [0.1, 0.15) is 18.5 Å². The number of anilines is 2. The number of nitrogens with one attached hydrogen (secondary N) is 1. The molecule has 3 amide bonds. The fourth-order valence-electron chi connectivity index (χ4n) is 4.15. The zero-order valence-electron chi connectivity index (χ0n) is 16.9. The Morgan fingerprint density at radius 3 is 2.52 bits per heavy atom. The number of hydrogen-bond donors (Lipinski definition) is 1. The molecule has 0 unspecified atom stereocenters. The molecule has 2 aliphatic rings. The zero-order chi connectivity index (χ0) is 20.4. The Balaban J connectivity index is 1.36. The maximum absolute atomic E-state index is 13.2. The summed E-state index contributed by atoms with van der Waals surface area (Å²) in [5.41, 5.74) is 1.64. The number of urea groups is 1. The molecule has 1 atom stereocenters. The molecule has 1 N–H and O–H groups in total. The molecule has 2 aromatic heterocycles. The van der Waals surface area contributed by atoms with Crippen molar-refractivity contribution >= 4 is 23.4 Å². The highest BCUT2D eigenvalue weighted by Crippen LogP contribution is 2.25. The summed E-state index contributed by atoms with van der Waals surface area (Å²) in [5.74, 6) is 0.988. The number of carbonyl (C=O) groups is 2. The fourth-order valence-corrected chi connectivity index (χ4v) is 4.15. The molecular weight excluding hydrogens is 370 g/mol. The third-order valence-corrected chi connectivity index (χ3v) is 5.64. The largest absolute Gasteiger partial charge is 0.322 e. The Labute approximate surface area is 170 Å². The van der Waals surface area contributed by atoms with Crippen LogP contribution in [0.3, 0.4) is 0 Å². The van der Waals surface area contributed by atoms with Crippen LogP contribution in [0.25, 0.3) is 0 Å². The molecule has 0 radical (unpaired) electrons. The first kappa shape index (κ1) is 19.4. The van der Waals surface area contributed by atoms with Crippen LogP contribution in [-0.4, -0.2) is 75.3 Å². The minimum absolute atomic E-state index is 0.113. The van der Waals surface area contributed by atoms with E-state index >= 15 is 0 Å². The molecule has 0 aliphatic carbocycles. The van der Waals surface area contributed by atoms with Gasteiger partial charge in [-0.15, -0.1) is 0 Å². The van der Waals surface area contributed by atoms with Gasteiger partial charge in [0.25, 0.3) is 0 Å². The van der Waals surface area contributed by atoms with E-state index in [0.717, 1.165) is 36.6 Å². The first-order valence-electron chi connectivity index (χ1n) is 10.0. The molecule has 2 aromatic rings. The van der Waals surface area contributed by atoms with Crippen LogP contribution >= 0.6 is 0 Å². The monoisotopic (exact) mass is 397 g/mol. The van der Waals surface area contributed by atoms with E-state index < -0.39 is 0 Å². The van der Waals surface area contributed by atoms with Crippen molar-refractivity contribution in [2.75, 3.05) is 42.9 Å². The van der Waals surface area contributed by atoms with E-state index in [-0.39, 0.29) is 18.0 Å². The van der Waals surface area contributed by atoms with Gasteiger partial charge in [0.05, 0.1) is 11.7 Å².